The molecule has 94 valence electrons. The molecular formula is C13H19NO3. The van der Waals surface area contributed by atoms with Gasteiger partial charge < -0.3 is 10.0 Å². The number of hydrogen-bond acceptors (Lipinski definition) is 2. The lowest BCUT2D eigenvalue weighted by molar-refractivity contribution is -0.150. The van der Waals surface area contributed by atoms with E-state index in [9.17, 15) is 9.59 Å². The first-order valence-corrected chi connectivity index (χ1v) is 6.11. The fraction of sp³-hybridized carbons (Fsp3) is 0.692. The van der Waals surface area contributed by atoms with E-state index in [2.05, 4.69) is 6.58 Å². The second-order valence-corrected chi connectivity index (χ2v) is 5.59. The molecule has 0 radical (unpaired) electrons. The van der Waals surface area contributed by atoms with Crippen molar-refractivity contribution >= 4 is 11.9 Å². The van der Waals surface area contributed by atoms with E-state index in [1.165, 1.54) is 0 Å². The van der Waals surface area contributed by atoms with E-state index in [0.717, 1.165) is 24.8 Å². The zero-order valence-electron chi connectivity index (χ0n) is 10.2. The third-order valence-corrected chi connectivity index (χ3v) is 3.85. The van der Waals surface area contributed by atoms with Gasteiger partial charge in [0.05, 0.1) is 11.3 Å². The number of nitrogens with zero attached hydrogens (tertiary/aromatic N) is 1. The zero-order chi connectivity index (χ0) is 12.6. The van der Waals surface area contributed by atoms with Gasteiger partial charge in [0.1, 0.15) is 0 Å². The van der Waals surface area contributed by atoms with Crippen LogP contribution in [0.3, 0.4) is 0 Å². The highest BCUT2D eigenvalue weighted by Gasteiger charge is 2.45. The van der Waals surface area contributed by atoms with E-state index >= 15 is 0 Å². The molecule has 2 aliphatic rings. The second kappa shape index (κ2) is 4.17. The van der Waals surface area contributed by atoms with Crippen LogP contribution in [-0.2, 0) is 9.59 Å². The van der Waals surface area contributed by atoms with Gasteiger partial charge in [0, 0.05) is 13.1 Å². The van der Waals surface area contributed by atoms with Crippen LogP contribution in [0.2, 0.25) is 0 Å². The maximum absolute atomic E-state index is 12.3. The number of amides is 1. The molecule has 17 heavy (non-hydrogen) atoms. The molecule has 0 bridgehead atoms. The van der Waals surface area contributed by atoms with Crippen LogP contribution in [0.4, 0.5) is 0 Å². The molecule has 4 heteroatoms. The molecule has 1 saturated carbocycles. The minimum atomic E-state index is -0.786. The first kappa shape index (κ1) is 12.1. The highest BCUT2D eigenvalue weighted by atomic mass is 16.4. The van der Waals surface area contributed by atoms with Crippen LogP contribution in [0.25, 0.3) is 0 Å². The summed E-state index contributed by atoms with van der Waals surface area (Å²) in [7, 11) is 0. The number of likely N-dealkylation sites (tertiary alicyclic amines) is 1. The van der Waals surface area contributed by atoms with Crippen molar-refractivity contribution in [2.24, 2.45) is 11.3 Å². The number of carboxylic acid groups (broad SMARTS) is 1. The minimum Gasteiger partial charge on any atom is -0.481 e. The maximum atomic E-state index is 12.3. The van der Waals surface area contributed by atoms with Crippen molar-refractivity contribution in [2.45, 2.75) is 32.6 Å². The van der Waals surface area contributed by atoms with Crippen LogP contribution < -0.4 is 0 Å². The summed E-state index contributed by atoms with van der Waals surface area (Å²) < 4.78 is 0. The van der Waals surface area contributed by atoms with Gasteiger partial charge >= 0.3 is 5.97 Å². The van der Waals surface area contributed by atoms with Gasteiger partial charge in [-0.25, -0.2) is 0 Å². The number of aliphatic carboxylic acids is 1. The molecule has 1 unspecified atom stereocenters. The summed E-state index contributed by atoms with van der Waals surface area (Å²) in [5.41, 5.74) is 0.796. The van der Waals surface area contributed by atoms with Crippen LogP contribution in [0.1, 0.15) is 32.6 Å². The van der Waals surface area contributed by atoms with Crippen LogP contribution in [0, 0.1) is 11.3 Å². The molecule has 1 amide bonds. The SMILES string of the molecule is C=C1CC(C)(C(=O)N2CCCC(C(=O)O)C2)C1. The summed E-state index contributed by atoms with van der Waals surface area (Å²) in [5.74, 6) is -1.07. The van der Waals surface area contributed by atoms with Gasteiger partial charge in [0.15, 0.2) is 0 Å². The minimum absolute atomic E-state index is 0.107. The molecule has 0 aromatic carbocycles. The van der Waals surface area contributed by atoms with Crippen molar-refractivity contribution in [3.05, 3.63) is 12.2 Å². The summed E-state index contributed by atoms with van der Waals surface area (Å²) in [5, 5.41) is 9.00. The monoisotopic (exact) mass is 237 g/mol. The predicted octanol–water partition coefficient (Wildman–Crippen LogP) is 1.67. The van der Waals surface area contributed by atoms with Gasteiger partial charge in [0.25, 0.3) is 0 Å². The summed E-state index contributed by atoms with van der Waals surface area (Å²) in [6, 6.07) is 0. The average molecular weight is 237 g/mol. The molecule has 1 aliphatic carbocycles. The van der Waals surface area contributed by atoms with Crippen molar-refractivity contribution in [3.63, 3.8) is 0 Å². The second-order valence-electron chi connectivity index (χ2n) is 5.59. The lowest BCUT2D eigenvalue weighted by Crippen LogP contribution is -2.51. The van der Waals surface area contributed by atoms with Crippen molar-refractivity contribution in [3.8, 4) is 0 Å². The summed E-state index contributed by atoms with van der Waals surface area (Å²) in [6.07, 6.45) is 2.97. The van der Waals surface area contributed by atoms with Crippen LogP contribution in [-0.4, -0.2) is 35.0 Å². The fourth-order valence-electron chi connectivity index (χ4n) is 2.95. The van der Waals surface area contributed by atoms with Gasteiger partial charge in [-0.1, -0.05) is 19.1 Å². The Hall–Kier alpha value is -1.32. The summed E-state index contributed by atoms with van der Waals surface area (Å²) in [4.78, 5) is 25.0. The Kier molecular flexibility index (Phi) is 2.98. The summed E-state index contributed by atoms with van der Waals surface area (Å²) in [6.45, 7) is 6.88. The Labute approximate surface area is 101 Å². The quantitative estimate of drug-likeness (QED) is 0.743. The highest BCUT2D eigenvalue weighted by Crippen LogP contribution is 2.45. The Morgan fingerprint density at radius 2 is 2.12 bits per heavy atom. The number of allylic oxidation sites excluding steroid dienone is 1. The molecule has 2 fully saturated rings. The van der Waals surface area contributed by atoms with Crippen molar-refractivity contribution < 1.29 is 14.7 Å². The van der Waals surface area contributed by atoms with E-state index in [-0.39, 0.29) is 17.2 Å². The number of rotatable bonds is 2. The predicted molar refractivity (Wildman–Crippen MR) is 63.4 cm³/mol. The Bertz CT molecular complexity index is 367. The molecule has 1 atom stereocenters. The van der Waals surface area contributed by atoms with E-state index in [0.29, 0.717) is 19.5 Å². The number of piperidine rings is 1. The topological polar surface area (TPSA) is 57.6 Å². The maximum Gasteiger partial charge on any atom is 0.308 e. The smallest absolute Gasteiger partial charge is 0.308 e. The molecule has 1 heterocycles. The zero-order valence-corrected chi connectivity index (χ0v) is 10.2. The Balaban J connectivity index is 2.00. The standard InChI is InChI=1S/C13H19NO3/c1-9-6-13(2,7-9)12(17)14-5-3-4-10(8-14)11(15)16/h10H,1,3-8H2,2H3,(H,15,16). The highest BCUT2D eigenvalue weighted by molar-refractivity contribution is 5.85. The lowest BCUT2D eigenvalue weighted by Gasteiger charge is -2.44. The molecule has 1 aliphatic heterocycles. The molecule has 0 aromatic heterocycles. The first-order chi connectivity index (χ1) is 7.92. The van der Waals surface area contributed by atoms with Crippen LogP contribution in [0.15, 0.2) is 12.2 Å². The third kappa shape index (κ3) is 2.21. The van der Waals surface area contributed by atoms with E-state index in [1.807, 2.05) is 6.92 Å². The average Bonchev–Trinajstić information content (AvgIpc) is 2.26. The fourth-order valence-corrected chi connectivity index (χ4v) is 2.95. The molecule has 0 spiro atoms. The number of carboxylic acids is 1. The van der Waals surface area contributed by atoms with E-state index in [4.69, 9.17) is 5.11 Å². The van der Waals surface area contributed by atoms with Gasteiger partial charge in [-0.05, 0) is 25.7 Å². The third-order valence-electron chi connectivity index (χ3n) is 3.85. The van der Waals surface area contributed by atoms with Gasteiger partial charge in [0.2, 0.25) is 5.91 Å². The first-order valence-electron chi connectivity index (χ1n) is 6.11. The normalized spacial score (nSPS) is 27.5. The molecule has 2 rings (SSSR count). The molecule has 4 nitrogen and oxygen atoms in total. The molecular weight excluding hydrogens is 218 g/mol. The van der Waals surface area contributed by atoms with Crippen molar-refractivity contribution in [1.29, 1.82) is 0 Å². The van der Waals surface area contributed by atoms with Crippen LogP contribution in [0.5, 0.6) is 0 Å². The van der Waals surface area contributed by atoms with Gasteiger partial charge in [-0.15, -0.1) is 0 Å². The Morgan fingerprint density at radius 1 is 1.47 bits per heavy atom. The number of carbonyl (C=O) groups is 2. The number of hydrogen-bond donors (Lipinski definition) is 1. The Morgan fingerprint density at radius 3 is 2.65 bits per heavy atom. The molecule has 1 N–H and O–H groups in total. The van der Waals surface area contributed by atoms with Crippen molar-refractivity contribution in [1.82, 2.24) is 4.90 Å². The summed E-state index contributed by atoms with van der Waals surface area (Å²) >= 11 is 0. The van der Waals surface area contributed by atoms with E-state index in [1.54, 1.807) is 4.90 Å². The van der Waals surface area contributed by atoms with Gasteiger partial charge in [-0.2, -0.15) is 0 Å². The molecule has 1 saturated heterocycles. The lowest BCUT2D eigenvalue weighted by atomic mass is 9.66. The largest absolute Gasteiger partial charge is 0.481 e. The molecule has 0 aromatic rings. The van der Waals surface area contributed by atoms with E-state index < -0.39 is 5.97 Å². The number of carbonyl (C=O) groups excluding carboxylic acids is 1. The van der Waals surface area contributed by atoms with Gasteiger partial charge in [-0.3, -0.25) is 9.59 Å². The van der Waals surface area contributed by atoms with Crippen molar-refractivity contribution in [2.75, 3.05) is 13.1 Å². The van der Waals surface area contributed by atoms with Crippen LogP contribution >= 0.6 is 0 Å².